The lowest BCUT2D eigenvalue weighted by molar-refractivity contribution is 0.0506. The van der Waals surface area contributed by atoms with Gasteiger partial charge in [-0.2, -0.15) is 0 Å². The number of nitrogens with zero attached hydrogens (tertiary/aromatic N) is 4. The van der Waals surface area contributed by atoms with Crippen molar-refractivity contribution in [1.29, 1.82) is 0 Å². The Balaban J connectivity index is 1.41. The zero-order chi connectivity index (χ0) is 19.6. The van der Waals surface area contributed by atoms with Crippen LogP contribution in [0.25, 0.3) is 0 Å². The van der Waals surface area contributed by atoms with E-state index in [0.29, 0.717) is 5.75 Å². The average molecular weight is 386 g/mol. The van der Waals surface area contributed by atoms with Gasteiger partial charge in [0.05, 0.1) is 7.11 Å². The van der Waals surface area contributed by atoms with Crippen LogP contribution in [0, 0.1) is 17.2 Å². The molecule has 3 heterocycles. The van der Waals surface area contributed by atoms with E-state index in [4.69, 9.17) is 4.74 Å². The van der Waals surface area contributed by atoms with E-state index in [2.05, 4.69) is 19.8 Å². The fourth-order valence-corrected chi connectivity index (χ4v) is 4.68. The Kier molecular flexibility index (Phi) is 5.46. The number of likely N-dealkylation sites (tertiary alicyclic amines) is 1. The van der Waals surface area contributed by atoms with Crippen LogP contribution in [0.2, 0.25) is 0 Å². The maximum absolute atomic E-state index is 13.6. The largest absolute Gasteiger partial charge is 0.494 e. The van der Waals surface area contributed by atoms with E-state index in [1.807, 2.05) is 12.1 Å². The van der Waals surface area contributed by atoms with Crippen LogP contribution in [-0.2, 0) is 6.54 Å². The van der Waals surface area contributed by atoms with Gasteiger partial charge in [0.25, 0.3) is 0 Å². The van der Waals surface area contributed by atoms with Crippen molar-refractivity contribution >= 4 is 5.95 Å². The van der Waals surface area contributed by atoms with E-state index in [0.717, 1.165) is 57.1 Å². The number of hydrogen-bond acceptors (Lipinski definition) is 6. The van der Waals surface area contributed by atoms with Crippen molar-refractivity contribution in [2.75, 3.05) is 44.8 Å². The van der Waals surface area contributed by atoms with Gasteiger partial charge in [0, 0.05) is 44.6 Å². The van der Waals surface area contributed by atoms with Crippen LogP contribution < -0.4 is 9.64 Å². The summed E-state index contributed by atoms with van der Waals surface area (Å²) in [5.74, 6) is 0.951. The molecule has 1 atom stereocenters. The van der Waals surface area contributed by atoms with Gasteiger partial charge in [-0.3, -0.25) is 4.90 Å². The number of rotatable bonds is 5. The van der Waals surface area contributed by atoms with E-state index in [-0.39, 0.29) is 23.8 Å². The first-order valence-corrected chi connectivity index (χ1v) is 9.81. The molecule has 0 bridgehead atoms. The SMILES string of the molecule is COc1cc(CN2CCC3(CC2)CN(c2ncccn2)CC3CO)ccc1F. The minimum absolute atomic E-state index is 0.102. The number of ether oxygens (including phenoxy) is 1. The molecule has 2 saturated heterocycles. The normalized spacial score (nSPS) is 22.0. The number of benzene rings is 1. The van der Waals surface area contributed by atoms with E-state index >= 15 is 0 Å². The van der Waals surface area contributed by atoms with Gasteiger partial charge < -0.3 is 14.7 Å². The van der Waals surface area contributed by atoms with Gasteiger partial charge in [0.1, 0.15) is 0 Å². The molecular weight excluding hydrogens is 359 g/mol. The molecule has 0 radical (unpaired) electrons. The maximum Gasteiger partial charge on any atom is 0.225 e. The number of aliphatic hydroxyl groups excluding tert-OH is 1. The molecule has 2 aliphatic heterocycles. The average Bonchev–Trinajstić information content (AvgIpc) is 3.10. The van der Waals surface area contributed by atoms with Crippen LogP contribution in [0.15, 0.2) is 36.7 Å². The van der Waals surface area contributed by atoms with Crippen LogP contribution in [0.4, 0.5) is 10.3 Å². The zero-order valence-corrected chi connectivity index (χ0v) is 16.2. The summed E-state index contributed by atoms with van der Waals surface area (Å²) in [6.45, 7) is 4.58. The molecule has 0 saturated carbocycles. The predicted molar refractivity (Wildman–Crippen MR) is 105 cm³/mol. The summed E-state index contributed by atoms with van der Waals surface area (Å²) in [4.78, 5) is 13.4. The van der Waals surface area contributed by atoms with Gasteiger partial charge in [0.2, 0.25) is 5.95 Å². The first kappa shape index (κ1) is 19.1. The van der Waals surface area contributed by atoms with Crippen molar-refractivity contribution < 1.29 is 14.2 Å². The fourth-order valence-electron chi connectivity index (χ4n) is 4.68. The Morgan fingerprint density at radius 2 is 2.00 bits per heavy atom. The molecule has 2 aromatic rings. The van der Waals surface area contributed by atoms with E-state index in [9.17, 15) is 9.50 Å². The molecule has 2 fully saturated rings. The smallest absolute Gasteiger partial charge is 0.225 e. The summed E-state index contributed by atoms with van der Waals surface area (Å²) in [5.41, 5.74) is 1.16. The molecular formula is C21H27FN4O2. The highest BCUT2D eigenvalue weighted by molar-refractivity contribution is 5.33. The third-order valence-corrected chi connectivity index (χ3v) is 6.34. The summed E-state index contributed by atoms with van der Waals surface area (Å²) in [7, 11) is 1.49. The Labute approximate surface area is 165 Å². The summed E-state index contributed by atoms with van der Waals surface area (Å²) in [5, 5.41) is 10.0. The second-order valence-electron chi connectivity index (χ2n) is 7.92. The van der Waals surface area contributed by atoms with Crippen molar-refractivity contribution in [1.82, 2.24) is 14.9 Å². The van der Waals surface area contributed by atoms with Gasteiger partial charge >= 0.3 is 0 Å². The number of aliphatic hydroxyl groups is 1. The fraction of sp³-hybridized carbons (Fsp3) is 0.524. The number of methoxy groups -OCH3 is 1. The molecule has 2 aliphatic rings. The van der Waals surface area contributed by atoms with Gasteiger partial charge in [-0.25, -0.2) is 14.4 Å². The van der Waals surface area contributed by atoms with Crippen LogP contribution in [-0.4, -0.2) is 59.9 Å². The molecule has 7 heteroatoms. The molecule has 1 N–H and O–H groups in total. The minimum Gasteiger partial charge on any atom is -0.494 e. The number of piperidine rings is 1. The van der Waals surface area contributed by atoms with Crippen LogP contribution in [0.5, 0.6) is 5.75 Å². The van der Waals surface area contributed by atoms with Crippen molar-refractivity contribution in [2.45, 2.75) is 19.4 Å². The molecule has 1 unspecified atom stereocenters. The molecule has 1 aromatic carbocycles. The summed E-state index contributed by atoms with van der Waals surface area (Å²) in [6.07, 6.45) is 5.58. The highest BCUT2D eigenvalue weighted by Gasteiger charge is 2.48. The third-order valence-electron chi connectivity index (χ3n) is 6.34. The summed E-state index contributed by atoms with van der Waals surface area (Å²) >= 11 is 0. The summed E-state index contributed by atoms with van der Waals surface area (Å²) < 4.78 is 18.7. The topological polar surface area (TPSA) is 61.7 Å². The standard InChI is InChI=1S/C21H27FN4O2/c1-28-19-11-16(3-4-18(19)22)12-25-9-5-21(6-10-25)15-26(13-17(21)14-27)20-23-7-2-8-24-20/h2-4,7-8,11,17,27H,5-6,9-10,12-15H2,1H3. The predicted octanol–water partition coefficient (Wildman–Crippen LogP) is 2.34. The first-order chi connectivity index (χ1) is 13.6. The maximum atomic E-state index is 13.6. The molecule has 150 valence electrons. The quantitative estimate of drug-likeness (QED) is 0.851. The number of anilines is 1. The Bertz CT molecular complexity index is 796. The molecule has 0 aliphatic carbocycles. The first-order valence-electron chi connectivity index (χ1n) is 9.81. The highest BCUT2D eigenvalue weighted by Crippen LogP contribution is 2.45. The molecule has 1 aromatic heterocycles. The van der Waals surface area contributed by atoms with Gasteiger partial charge in [0.15, 0.2) is 11.6 Å². The highest BCUT2D eigenvalue weighted by atomic mass is 19.1. The number of aromatic nitrogens is 2. The van der Waals surface area contributed by atoms with Crippen molar-refractivity contribution in [3.8, 4) is 5.75 Å². The van der Waals surface area contributed by atoms with Crippen LogP contribution >= 0.6 is 0 Å². The monoisotopic (exact) mass is 386 g/mol. The van der Waals surface area contributed by atoms with Crippen LogP contribution in [0.3, 0.4) is 0 Å². The second kappa shape index (κ2) is 8.01. The van der Waals surface area contributed by atoms with E-state index < -0.39 is 0 Å². The molecule has 0 amide bonds. The lowest BCUT2D eigenvalue weighted by Crippen LogP contribution is -2.44. The molecule has 6 nitrogen and oxygen atoms in total. The number of hydrogen-bond donors (Lipinski definition) is 1. The lowest BCUT2D eigenvalue weighted by Gasteiger charge is -2.42. The molecule has 28 heavy (non-hydrogen) atoms. The van der Waals surface area contributed by atoms with Crippen molar-refractivity contribution in [3.63, 3.8) is 0 Å². The Morgan fingerprint density at radius 1 is 1.25 bits per heavy atom. The lowest BCUT2D eigenvalue weighted by atomic mass is 9.71. The molecule has 4 rings (SSSR count). The van der Waals surface area contributed by atoms with Crippen molar-refractivity contribution in [2.24, 2.45) is 11.3 Å². The number of halogens is 1. The van der Waals surface area contributed by atoms with Gasteiger partial charge in [-0.1, -0.05) is 6.07 Å². The van der Waals surface area contributed by atoms with E-state index in [1.54, 1.807) is 18.5 Å². The minimum atomic E-state index is -0.330. The zero-order valence-electron chi connectivity index (χ0n) is 16.2. The third kappa shape index (κ3) is 3.69. The second-order valence-corrected chi connectivity index (χ2v) is 7.92. The van der Waals surface area contributed by atoms with Crippen LogP contribution in [0.1, 0.15) is 18.4 Å². The van der Waals surface area contributed by atoms with Crippen molar-refractivity contribution in [3.05, 3.63) is 48.0 Å². The summed E-state index contributed by atoms with van der Waals surface area (Å²) in [6, 6.07) is 6.89. The Morgan fingerprint density at radius 3 is 2.68 bits per heavy atom. The van der Waals surface area contributed by atoms with Gasteiger partial charge in [-0.15, -0.1) is 0 Å². The van der Waals surface area contributed by atoms with Gasteiger partial charge in [-0.05, 0) is 55.1 Å². The molecule has 1 spiro atoms. The van der Waals surface area contributed by atoms with E-state index in [1.165, 1.54) is 13.2 Å². The Hall–Kier alpha value is -2.25.